The van der Waals surface area contributed by atoms with E-state index in [1.54, 1.807) is 6.07 Å². The van der Waals surface area contributed by atoms with Gasteiger partial charge in [0.25, 0.3) is 0 Å². The molecule has 0 atom stereocenters. The molecular weight excluding hydrogens is 470 g/mol. The molecule has 180 valence electrons. The molecule has 0 amide bonds. The summed E-state index contributed by atoms with van der Waals surface area (Å²) in [6.07, 6.45) is 3.07. The predicted octanol–water partition coefficient (Wildman–Crippen LogP) is 3.11. The van der Waals surface area contributed by atoms with E-state index < -0.39 is 9.84 Å². The van der Waals surface area contributed by atoms with Crippen molar-refractivity contribution in [2.75, 3.05) is 48.9 Å². The highest BCUT2D eigenvalue weighted by Gasteiger charge is 2.23. The van der Waals surface area contributed by atoms with Crippen LogP contribution in [0.4, 0.5) is 11.6 Å². The second kappa shape index (κ2) is 9.52. The second-order valence-electron chi connectivity index (χ2n) is 8.82. The van der Waals surface area contributed by atoms with E-state index in [1.807, 2.05) is 35.0 Å². The molecule has 2 aliphatic heterocycles. The minimum atomic E-state index is -3.24. The molecule has 2 aliphatic rings. The highest BCUT2D eigenvalue weighted by Crippen LogP contribution is 2.30. The van der Waals surface area contributed by atoms with Gasteiger partial charge >= 0.3 is 0 Å². The lowest BCUT2D eigenvalue weighted by Crippen LogP contribution is -2.38. The van der Waals surface area contributed by atoms with Crippen molar-refractivity contribution in [3.05, 3.63) is 64.4 Å². The topological polar surface area (TPSA) is 72.6 Å². The lowest BCUT2D eigenvalue weighted by Gasteiger charge is -2.31. The Kier molecular flexibility index (Phi) is 6.46. The van der Waals surface area contributed by atoms with Gasteiger partial charge in [-0.15, -0.1) is 5.10 Å². The zero-order valence-electron chi connectivity index (χ0n) is 19.3. The fourth-order valence-corrected chi connectivity index (χ4v) is 5.53. The first-order valence-electron chi connectivity index (χ1n) is 11.5. The van der Waals surface area contributed by atoms with Crippen LogP contribution in [0.25, 0.3) is 0 Å². The van der Waals surface area contributed by atoms with Crippen LogP contribution in [0, 0.1) is 4.77 Å². The van der Waals surface area contributed by atoms with Gasteiger partial charge in [0.05, 0.1) is 24.7 Å². The number of ether oxygens (including phenoxy) is 1. The summed E-state index contributed by atoms with van der Waals surface area (Å²) >= 11 is 5.92. The van der Waals surface area contributed by atoms with Gasteiger partial charge in [-0.2, -0.15) is 0 Å². The number of hydrogen-bond acceptors (Lipinski definition) is 7. The number of nitrogens with zero attached hydrogens (tertiary/aromatic N) is 5. The Morgan fingerprint density at radius 1 is 1.06 bits per heavy atom. The fraction of sp³-hybridized carbons (Fsp3) is 0.417. The summed E-state index contributed by atoms with van der Waals surface area (Å²) in [6.45, 7) is 4.94. The van der Waals surface area contributed by atoms with E-state index in [1.165, 1.54) is 11.8 Å². The molecule has 3 aromatic rings. The number of aromatic nitrogens is 3. The number of aryl methyl sites for hydroxylation is 1. The van der Waals surface area contributed by atoms with Gasteiger partial charge in [-0.1, -0.05) is 30.3 Å². The van der Waals surface area contributed by atoms with Crippen molar-refractivity contribution in [3.63, 3.8) is 0 Å². The zero-order chi connectivity index (χ0) is 23.7. The molecule has 2 aromatic carbocycles. The summed E-state index contributed by atoms with van der Waals surface area (Å²) in [5, 5.41) is 4.96. The minimum absolute atomic E-state index is 0.367. The molecular formula is C24H29N5O3S2. The van der Waals surface area contributed by atoms with Crippen LogP contribution in [0.2, 0.25) is 0 Å². The highest BCUT2D eigenvalue weighted by molar-refractivity contribution is 7.90. The molecule has 0 unspecified atom stereocenters. The van der Waals surface area contributed by atoms with Crippen molar-refractivity contribution in [1.29, 1.82) is 0 Å². The molecule has 0 aliphatic carbocycles. The number of morpholine rings is 1. The Hall–Kier alpha value is -2.69. The van der Waals surface area contributed by atoms with E-state index in [9.17, 15) is 8.42 Å². The maximum atomic E-state index is 12.0. The number of rotatable bonds is 6. The van der Waals surface area contributed by atoms with Gasteiger partial charge < -0.3 is 14.5 Å². The zero-order valence-corrected chi connectivity index (χ0v) is 20.9. The quantitative estimate of drug-likeness (QED) is 0.483. The van der Waals surface area contributed by atoms with Gasteiger partial charge in [-0.25, -0.2) is 13.1 Å². The molecule has 8 nitrogen and oxygen atoms in total. The van der Waals surface area contributed by atoms with E-state index in [0.717, 1.165) is 49.7 Å². The Labute approximate surface area is 205 Å². The van der Waals surface area contributed by atoms with Crippen molar-refractivity contribution >= 4 is 33.7 Å². The van der Waals surface area contributed by atoms with Crippen LogP contribution in [0.15, 0.2) is 53.4 Å². The normalized spacial score (nSPS) is 16.5. The molecule has 0 bridgehead atoms. The average molecular weight is 500 g/mol. The third-order valence-electron chi connectivity index (χ3n) is 6.38. The van der Waals surface area contributed by atoms with Crippen molar-refractivity contribution in [1.82, 2.24) is 14.3 Å². The van der Waals surface area contributed by atoms with Gasteiger partial charge in [0, 0.05) is 31.6 Å². The van der Waals surface area contributed by atoms with Crippen molar-refractivity contribution in [3.8, 4) is 0 Å². The second-order valence-corrected chi connectivity index (χ2v) is 11.2. The summed E-state index contributed by atoms with van der Waals surface area (Å²) in [5.74, 6) is 0.863. The lowest BCUT2D eigenvalue weighted by atomic mass is 10.0. The van der Waals surface area contributed by atoms with E-state index in [0.29, 0.717) is 36.1 Å². The Balaban J connectivity index is 1.48. The van der Waals surface area contributed by atoms with Crippen LogP contribution < -0.4 is 9.80 Å². The average Bonchev–Trinajstić information content (AvgIpc) is 3.14. The van der Waals surface area contributed by atoms with E-state index in [-0.39, 0.29) is 0 Å². The first-order valence-corrected chi connectivity index (χ1v) is 13.8. The molecule has 5 rings (SSSR count). The standard InChI is InChI=1S/C24H29N5O3S2/c1-34(30,31)21-9-10-22-20(16-21)8-5-11-27(22)18-29-24(33)28(17-19-6-3-2-4-7-19)23(25-29)26-12-14-32-15-13-26/h2-4,6-7,9-10,16H,5,8,11-15,17-18H2,1H3. The molecule has 0 N–H and O–H groups in total. The number of hydrogen-bond donors (Lipinski definition) is 0. The maximum absolute atomic E-state index is 12.0. The van der Waals surface area contributed by atoms with Gasteiger partial charge in [-0.05, 0) is 54.4 Å². The van der Waals surface area contributed by atoms with E-state index in [4.69, 9.17) is 22.1 Å². The van der Waals surface area contributed by atoms with Crippen LogP contribution in [0.1, 0.15) is 17.5 Å². The monoisotopic (exact) mass is 499 g/mol. The molecule has 0 radical (unpaired) electrons. The van der Waals surface area contributed by atoms with Gasteiger partial charge in [0.1, 0.15) is 6.67 Å². The van der Waals surface area contributed by atoms with Crippen LogP contribution in [0.5, 0.6) is 0 Å². The van der Waals surface area contributed by atoms with Gasteiger partial charge in [0.2, 0.25) is 10.7 Å². The van der Waals surface area contributed by atoms with Crippen molar-refractivity contribution < 1.29 is 13.2 Å². The van der Waals surface area contributed by atoms with Crippen molar-refractivity contribution in [2.24, 2.45) is 0 Å². The largest absolute Gasteiger partial charge is 0.378 e. The summed E-state index contributed by atoms with van der Waals surface area (Å²) < 4.78 is 34.3. The third kappa shape index (κ3) is 4.75. The van der Waals surface area contributed by atoms with Crippen LogP contribution in [-0.4, -0.2) is 61.9 Å². The van der Waals surface area contributed by atoms with Crippen LogP contribution >= 0.6 is 12.2 Å². The van der Waals surface area contributed by atoms with E-state index >= 15 is 0 Å². The smallest absolute Gasteiger partial charge is 0.226 e. The molecule has 1 aromatic heterocycles. The van der Waals surface area contributed by atoms with Gasteiger partial charge in [-0.3, -0.25) is 4.57 Å². The number of fused-ring (bicyclic) bond motifs is 1. The molecule has 3 heterocycles. The SMILES string of the molecule is CS(=O)(=O)c1ccc2c(c1)CCCN2Cn1nc(N2CCOCC2)n(Cc2ccccc2)c1=S. The number of sulfone groups is 1. The summed E-state index contributed by atoms with van der Waals surface area (Å²) in [7, 11) is -3.24. The Bertz CT molecular complexity index is 1330. The van der Waals surface area contributed by atoms with Crippen LogP contribution in [0.3, 0.4) is 0 Å². The summed E-state index contributed by atoms with van der Waals surface area (Å²) in [6, 6.07) is 15.7. The fourth-order valence-electron chi connectivity index (χ4n) is 4.61. The molecule has 1 fully saturated rings. The van der Waals surface area contributed by atoms with Gasteiger partial charge in [0.15, 0.2) is 9.84 Å². The minimum Gasteiger partial charge on any atom is -0.378 e. The van der Waals surface area contributed by atoms with E-state index in [2.05, 4.69) is 26.5 Å². The maximum Gasteiger partial charge on any atom is 0.226 e. The number of anilines is 2. The van der Waals surface area contributed by atoms with Crippen LogP contribution in [-0.2, 0) is 34.2 Å². The van der Waals surface area contributed by atoms with Crippen molar-refractivity contribution in [2.45, 2.75) is 31.0 Å². The number of benzene rings is 2. The third-order valence-corrected chi connectivity index (χ3v) is 7.92. The lowest BCUT2D eigenvalue weighted by molar-refractivity contribution is 0.121. The first kappa shape index (κ1) is 23.1. The summed E-state index contributed by atoms with van der Waals surface area (Å²) in [5.41, 5.74) is 3.27. The predicted molar refractivity (Wildman–Crippen MR) is 135 cm³/mol. The molecule has 34 heavy (non-hydrogen) atoms. The summed E-state index contributed by atoms with van der Waals surface area (Å²) in [4.78, 5) is 4.84. The molecule has 0 saturated carbocycles. The molecule has 1 saturated heterocycles. The highest BCUT2D eigenvalue weighted by atomic mass is 32.2. The first-order chi connectivity index (χ1) is 16.4. The molecule has 0 spiro atoms. The Morgan fingerprint density at radius 2 is 1.82 bits per heavy atom. The molecule has 10 heteroatoms. The Morgan fingerprint density at radius 3 is 2.56 bits per heavy atom.